The summed E-state index contributed by atoms with van der Waals surface area (Å²) in [5.41, 5.74) is 0. The van der Waals surface area contributed by atoms with Crippen LogP contribution in [0, 0.1) is 5.92 Å². The van der Waals surface area contributed by atoms with Crippen LogP contribution < -0.4 is 10.6 Å². The predicted octanol–water partition coefficient (Wildman–Crippen LogP) is 0.805. The van der Waals surface area contributed by atoms with Crippen molar-refractivity contribution in [2.75, 3.05) is 33.4 Å². The number of nitrogens with zero attached hydrogens (tertiary/aromatic N) is 1. The molecule has 0 radical (unpaired) electrons. The molecular formula is C13H25N3O2. The van der Waals surface area contributed by atoms with Gasteiger partial charge < -0.3 is 20.3 Å². The molecule has 0 bridgehead atoms. The molecule has 104 valence electrons. The van der Waals surface area contributed by atoms with Gasteiger partial charge in [-0.3, -0.25) is 0 Å². The van der Waals surface area contributed by atoms with Gasteiger partial charge in [0.05, 0.1) is 12.6 Å². The molecule has 2 fully saturated rings. The maximum atomic E-state index is 11.6. The van der Waals surface area contributed by atoms with E-state index >= 15 is 0 Å². The number of hydrogen-bond donors (Lipinski definition) is 2. The Hall–Kier alpha value is -0.810. The number of carbonyl (C=O) groups is 1. The van der Waals surface area contributed by atoms with Crippen molar-refractivity contribution in [3.63, 3.8) is 0 Å². The second kappa shape index (κ2) is 6.38. The fourth-order valence-corrected chi connectivity index (χ4v) is 2.60. The quantitative estimate of drug-likeness (QED) is 0.738. The number of ether oxygens (including phenoxy) is 1. The molecule has 5 heteroatoms. The van der Waals surface area contributed by atoms with E-state index in [0.717, 1.165) is 19.1 Å². The molecule has 5 nitrogen and oxygen atoms in total. The second-order valence-electron chi connectivity index (χ2n) is 5.59. The van der Waals surface area contributed by atoms with Crippen LogP contribution in [0.2, 0.25) is 0 Å². The van der Waals surface area contributed by atoms with Gasteiger partial charge in [0.25, 0.3) is 0 Å². The average Bonchev–Trinajstić information content (AvgIpc) is 3.06. The van der Waals surface area contributed by atoms with Crippen molar-refractivity contribution in [3.05, 3.63) is 0 Å². The highest BCUT2D eigenvalue weighted by molar-refractivity contribution is 5.74. The summed E-state index contributed by atoms with van der Waals surface area (Å²) in [6, 6.07) is 0.830. The molecule has 1 heterocycles. The highest BCUT2D eigenvalue weighted by atomic mass is 16.5. The first kappa shape index (κ1) is 13.6. The van der Waals surface area contributed by atoms with Gasteiger partial charge in [0.1, 0.15) is 0 Å². The second-order valence-corrected chi connectivity index (χ2v) is 5.59. The number of rotatable bonds is 6. The summed E-state index contributed by atoms with van der Waals surface area (Å²) >= 11 is 0. The summed E-state index contributed by atoms with van der Waals surface area (Å²) in [4.78, 5) is 14.2. The molecule has 1 aliphatic heterocycles. The zero-order valence-corrected chi connectivity index (χ0v) is 11.4. The molecule has 1 aliphatic carbocycles. The third-order valence-electron chi connectivity index (χ3n) is 3.73. The Morgan fingerprint density at radius 1 is 1.44 bits per heavy atom. The standard InChI is InChI=1S/C13H25N3O2/c1-10(9-18-2)15-13(17)14-7-11-5-6-16(8-11)12-3-4-12/h10-12H,3-9H2,1-2H3,(H2,14,15,17). The van der Waals surface area contributed by atoms with Crippen molar-refractivity contribution in [3.8, 4) is 0 Å². The van der Waals surface area contributed by atoms with Gasteiger partial charge in [0.2, 0.25) is 0 Å². The molecule has 0 spiro atoms. The van der Waals surface area contributed by atoms with Gasteiger partial charge in [-0.2, -0.15) is 0 Å². The first-order valence-electron chi connectivity index (χ1n) is 6.96. The fraction of sp³-hybridized carbons (Fsp3) is 0.923. The lowest BCUT2D eigenvalue weighted by molar-refractivity contribution is 0.170. The van der Waals surface area contributed by atoms with Gasteiger partial charge in [0, 0.05) is 26.2 Å². The van der Waals surface area contributed by atoms with E-state index in [0.29, 0.717) is 12.5 Å². The van der Waals surface area contributed by atoms with Gasteiger partial charge in [0.15, 0.2) is 0 Å². The van der Waals surface area contributed by atoms with Gasteiger partial charge in [-0.1, -0.05) is 0 Å². The SMILES string of the molecule is COCC(C)NC(=O)NCC1CCN(C2CC2)C1. The molecule has 2 unspecified atom stereocenters. The van der Waals surface area contributed by atoms with E-state index in [1.807, 2.05) is 6.92 Å². The molecular weight excluding hydrogens is 230 g/mol. The number of likely N-dealkylation sites (tertiary alicyclic amines) is 1. The number of carbonyl (C=O) groups excluding carboxylic acids is 1. The Balaban J connectivity index is 1.58. The molecule has 1 saturated heterocycles. The molecule has 2 amide bonds. The molecule has 1 saturated carbocycles. The molecule has 0 aromatic carbocycles. The van der Waals surface area contributed by atoms with E-state index in [1.165, 1.54) is 25.8 Å². The summed E-state index contributed by atoms with van der Waals surface area (Å²) in [6.45, 7) is 5.63. The first-order chi connectivity index (χ1) is 8.69. The van der Waals surface area contributed by atoms with Crippen LogP contribution in [0.5, 0.6) is 0 Å². The average molecular weight is 255 g/mol. The van der Waals surface area contributed by atoms with Crippen LogP contribution in [-0.4, -0.2) is 56.4 Å². The molecule has 2 rings (SSSR count). The Morgan fingerprint density at radius 2 is 2.22 bits per heavy atom. The van der Waals surface area contributed by atoms with E-state index in [2.05, 4.69) is 15.5 Å². The number of methoxy groups -OCH3 is 1. The van der Waals surface area contributed by atoms with Gasteiger partial charge in [-0.05, 0) is 38.6 Å². The third-order valence-corrected chi connectivity index (χ3v) is 3.73. The Bertz CT molecular complexity index is 281. The summed E-state index contributed by atoms with van der Waals surface area (Å²) in [6.07, 6.45) is 3.95. The van der Waals surface area contributed by atoms with E-state index in [1.54, 1.807) is 7.11 Å². The van der Waals surface area contributed by atoms with Gasteiger partial charge >= 0.3 is 6.03 Å². The Kier molecular flexibility index (Phi) is 4.83. The van der Waals surface area contributed by atoms with Crippen LogP contribution in [0.15, 0.2) is 0 Å². The minimum Gasteiger partial charge on any atom is -0.383 e. The molecule has 0 aromatic heterocycles. The maximum Gasteiger partial charge on any atom is 0.315 e. The molecule has 18 heavy (non-hydrogen) atoms. The lowest BCUT2D eigenvalue weighted by Gasteiger charge is -2.17. The molecule has 2 aliphatic rings. The molecule has 0 aromatic rings. The minimum absolute atomic E-state index is 0.0570. The number of urea groups is 1. The zero-order valence-electron chi connectivity index (χ0n) is 11.4. The normalized spacial score (nSPS) is 26.0. The summed E-state index contributed by atoms with van der Waals surface area (Å²) < 4.78 is 4.98. The van der Waals surface area contributed by atoms with E-state index in [-0.39, 0.29) is 12.1 Å². The number of nitrogens with one attached hydrogen (secondary N) is 2. The molecule has 2 N–H and O–H groups in total. The maximum absolute atomic E-state index is 11.6. The van der Waals surface area contributed by atoms with Crippen molar-refractivity contribution in [2.45, 2.75) is 38.3 Å². The zero-order chi connectivity index (χ0) is 13.0. The topological polar surface area (TPSA) is 53.6 Å². The van der Waals surface area contributed by atoms with Crippen molar-refractivity contribution in [1.82, 2.24) is 15.5 Å². The fourth-order valence-electron chi connectivity index (χ4n) is 2.60. The lowest BCUT2D eigenvalue weighted by atomic mass is 10.1. The predicted molar refractivity (Wildman–Crippen MR) is 70.6 cm³/mol. The van der Waals surface area contributed by atoms with Crippen molar-refractivity contribution in [1.29, 1.82) is 0 Å². The molecule has 2 atom stereocenters. The highest BCUT2D eigenvalue weighted by Gasteiger charge is 2.34. The van der Waals surface area contributed by atoms with Crippen LogP contribution in [0.4, 0.5) is 4.79 Å². The first-order valence-corrected chi connectivity index (χ1v) is 6.96. The van der Waals surface area contributed by atoms with Crippen molar-refractivity contribution >= 4 is 6.03 Å². The highest BCUT2D eigenvalue weighted by Crippen LogP contribution is 2.31. The van der Waals surface area contributed by atoms with Crippen LogP contribution in [0.1, 0.15) is 26.2 Å². The van der Waals surface area contributed by atoms with Crippen LogP contribution in [0.3, 0.4) is 0 Å². The lowest BCUT2D eigenvalue weighted by Crippen LogP contribution is -2.44. The summed E-state index contributed by atoms with van der Waals surface area (Å²) in [5.74, 6) is 0.620. The number of hydrogen-bond acceptors (Lipinski definition) is 3. The van der Waals surface area contributed by atoms with Gasteiger partial charge in [-0.25, -0.2) is 4.79 Å². The van der Waals surface area contributed by atoms with Gasteiger partial charge in [-0.15, -0.1) is 0 Å². The Labute approximate surface area is 109 Å². The smallest absolute Gasteiger partial charge is 0.315 e. The number of amides is 2. The summed E-state index contributed by atoms with van der Waals surface area (Å²) in [7, 11) is 1.64. The van der Waals surface area contributed by atoms with Crippen molar-refractivity contribution in [2.24, 2.45) is 5.92 Å². The monoisotopic (exact) mass is 255 g/mol. The Morgan fingerprint density at radius 3 is 2.89 bits per heavy atom. The minimum atomic E-state index is -0.0792. The van der Waals surface area contributed by atoms with E-state index < -0.39 is 0 Å². The third kappa shape index (κ3) is 4.14. The van der Waals surface area contributed by atoms with Crippen LogP contribution in [-0.2, 0) is 4.74 Å². The van der Waals surface area contributed by atoms with Crippen LogP contribution in [0.25, 0.3) is 0 Å². The van der Waals surface area contributed by atoms with Crippen LogP contribution >= 0.6 is 0 Å². The van der Waals surface area contributed by atoms with Crippen molar-refractivity contribution < 1.29 is 9.53 Å². The largest absolute Gasteiger partial charge is 0.383 e. The van der Waals surface area contributed by atoms with E-state index in [9.17, 15) is 4.79 Å². The summed E-state index contributed by atoms with van der Waals surface area (Å²) in [5, 5.41) is 5.82. The van der Waals surface area contributed by atoms with E-state index in [4.69, 9.17) is 4.74 Å².